The number of rotatable bonds is 5. The van der Waals surface area contributed by atoms with Gasteiger partial charge in [0, 0.05) is 31.9 Å². The molecule has 12 heteroatoms. The first-order chi connectivity index (χ1) is 18.6. The highest BCUT2D eigenvalue weighted by atomic mass is 32.1. The van der Waals surface area contributed by atoms with Crippen molar-refractivity contribution in [3.63, 3.8) is 0 Å². The third-order valence-electron chi connectivity index (χ3n) is 6.96. The Balaban J connectivity index is 1.59. The second kappa shape index (κ2) is 10.4. The Morgan fingerprint density at radius 2 is 2.00 bits per heavy atom. The summed E-state index contributed by atoms with van der Waals surface area (Å²) < 4.78 is 46.9. The molecule has 0 bridgehead atoms. The molecule has 0 radical (unpaired) electrons. The van der Waals surface area contributed by atoms with Crippen molar-refractivity contribution >= 4 is 40.3 Å². The fourth-order valence-corrected chi connectivity index (χ4v) is 6.12. The summed E-state index contributed by atoms with van der Waals surface area (Å²) in [5.41, 5.74) is 1.93. The van der Waals surface area contributed by atoms with Crippen LogP contribution in [0.15, 0.2) is 53.1 Å². The Kier molecular flexibility index (Phi) is 7.15. The summed E-state index contributed by atoms with van der Waals surface area (Å²) >= 11 is 1.34. The van der Waals surface area contributed by atoms with Crippen molar-refractivity contribution in [1.82, 2.24) is 9.88 Å². The van der Waals surface area contributed by atoms with Gasteiger partial charge in [-0.2, -0.15) is 13.2 Å². The van der Waals surface area contributed by atoms with Crippen molar-refractivity contribution in [1.29, 1.82) is 0 Å². The smallest absolute Gasteiger partial charge is 0.416 e. The predicted octanol–water partition coefficient (Wildman–Crippen LogP) is 5.71. The summed E-state index contributed by atoms with van der Waals surface area (Å²) in [7, 11) is 1.38. The van der Waals surface area contributed by atoms with Gasteiger partial charge in [-0.3, -0.25) is 14.7 Å². The van der Waals surface area contributed by atoms with Gasteiger partial charge < -0.3 is 19.6 Å². The number of guanidine groups is 1. The summed E-state index contributed by atoms with van der Waals surface area (Å²) in [6.07, 6.45) is -1.30. The quantitative estimate of drug-likeness (QED) is 0.429. The minimum absolute atomic E-state index is 0.0251. The number of pyridine rings is 1. The van der Waals surface area contributed by atoms with Crippen LogP contribution in [-0.4, -0.2) is 59.7 Å². The number of halogens is 3. The van der Waals surface area contributed by atoms with Gasteiger partial charge in [-0.15, -0.1) is 11.3 Å². The normalized spacial score (nSPS) is 19.5. The lowest BCUT2D eigenvalue weighted by atomic mass is 10.0. The number of thiophene rings is 1. The molecule has 0 spiro atoms. The number of alkyl halides is 3. The zero-order valence-electron chi connectivity index (χ0n) is 21.6. The van der Waals surface area contributed by atoms with E-state index in [0.717, 1.165) is 23.4 Å². The van der Waals surface area contributed by atoms with Gasteiger partial charge in [-0.05, 0) is 55.1 Å². The van der Waals surface area contributed by atoms with Gasteiger partial charge in [0.15, 0.2) is 0 Å². The number of methoxy groups -OCH3 is 1. The lowest BCUT2D eigenvalue weighted by molar-refractivity contribution is -0.138. The van der Waals surface area contributed by atoms with E-state index in [1.54, 1.807) is 11.1 Å². The number of anilines is 2. The number of carboxylic acids is 1. The Bertz CT molecular complexity index is 1410. The van der Waals surface area contributed by atoms with Gasteiger partial charge in [0.05, 0.1) is 53.3 Å². The minimum Gasteiger partial charge on any atom is -0.495 e. The van der Waals surface area contributed by atoms with Crippen molar-refractivity contribution in [3.05, 3.63) is 64.1 Å². The monoisotopic (exact) mass is 559 g/mol. The highest BCUT2D eigenvalue weighted by Gasteiger charge is 2.41. The molecule has 3 aromatic rings. The number of aromatic nitrogens is 1. The molecule has 0 unspecified atom stereocenters. The van der Waals surface area contributed by atoms with Crippen LogP contribution in [0, 0.1) is 6.92 Å². The standard InChI is InChI=1S/C27H28F3N5O3S/c1-16-10-19(14-31-13-16)34-8-7-33(15-17(34)2)26-32-20-6-9-39-25(20)22(12-24(36)37)35(26)21-11-18(27(28,29)30)4-5-23(21)38-3/h4-6,9-11,13-14,17,22H,7-8,12,15H2,1-3H3,(H,36,37)/t17-,22-/m1/s1. The first kappa shape index (κ1) is 26.8. The van der Waals surface area contributed by atoms with Gasteiger partial charge in [-0.25, -0.2) is 4.99 Å². The molecule has 206 valence electrons. The maximum atomic E-state index is 13.8. The molecule has 1 saturated heterocycles. The number of nitrogens with zero attached hydrogens (tertiary/aromatic N) is 5. The van der Waals surface area contributed by atoms with E-state index in [4.69, 9.17) is 9.73 Å². The van der Waals surface area contributed by atoms with Crippen molar-refractivity contribution in [3.8, 4) is 5.75 Å². The lowest BCUT2D eigenvalue weighted by Gasteiger charge is -2.47. The molecule has 2 atom stereocenters. The average Bonchev–Trinajstić information content (AvgIpc) is 3.36. The maximum absolute atomic E-state index is 13.8. The number of aliphatic imine (C=N–C) groups is 1. The van der Waals surface area contributed by atoms with Crippen molar-refractivity contribution < 1.29 is 27.8 Å². The van der Waals surface area contributed by atoms with Crippen LogP contribution in [-0.2, 0) is 11.0 Å². The fourth-order valence-electron chi connectivity index (χ4n) is 5.20. The number of aliphatic carboxylic acids is 1. The van der Waals surface area contributed by atoms with E-state index >= 15 is 0 Å². The number of fused-ring (bicyclic) bond motifs is 1. The number of benzene rings is 1. The molecule has 0 aliphatic carbocycles. The summed E-state index contributed by atoms with van der Waals surface area (Å²) in [6, 6.07) is 6.38. The summed E-state index contributed by atoms with van der Waals surface area (Å²) in [5, 5.41) is 11.6. The van der Waals surface area contributed by atoms with Crippen LogP contribution in [0.25, 0.3) is 0 Å². The zero-order chi connectivity index (χ0) is 27.9. The predicted molar refractivity (Wildman–Crippen MR) is 144 cm³/mol. The van der Waals surface area contributed by atoms with E-state index in [-0.39, 0.29) is 23.9 Å². The highest BCUT2D eigenvalue weighted by Crippen LogP contribution is 2.47. The summed E-state index contributed by atoms with van der Waals surface area (Å²) in [4.78, 5) is 27.7. The number of aryl methyl sites for hydroxylation is 1. The van der Waals surface area contributed by atoms with Crippen molar-refractivity contribution in [2.24, 2.45) is 4.99 Å². The Morgan fingerprint density at radius 3 is 2.67 bits per heavy atom. The Morgan fingerprint density at radius 1 is 1.21 bits per heavy atom. The maximum Gasteiger partial charge on any atom is 0.416 e. The third kappa shape index (κ3) is 5.25. The minimum atomic E-state index is -4.59. The van der Waals surface area contributed by atoms with Crippen LogP contribution in [0.1, 0.15) is 35.4 Å². The van der Waals surface area contributed by atoms with Gasteiger partial charge in [0.25, 0.3) is 0 Å². The molecular formula is C27H28F3N5O3S. The largest absolute Gasteiger partial charge is 0.495 e. The van der Waals surface area contributed by atoms with Crippen molar-refractivity contribution in [2.75, 3.05) is 36.5 Å². The molecule has 8 nitrogen and oxygen atoms in total. The van der Waals surface area contributed by atoms with E-state index in [1.165, 1.54) is 24.5 Å². The van der Waals surface area contributed by atoms with Crippen LogP contribution >= 0.6 is 11.3 Å². The van der Waals surface area contributed by atoms with Crippen LogP contribution in [0.2, 0.25) is 0 Å². The number of hydrogen-bond donors (Lipinski definition) is 1. The molecule has 1 aromatic carbocycles. The molecule has 2 aromatic heterocycles. The first-order valence-electron chi connectivity index (χ1n) is 12.4. The Labute approximate surface area is 228 Å². The van der Waals surface area contributed by atoms with Gasteiger partial charge in [0.2, 0.25) is 5.96 Å². The van der Waals surface area contributed by atoms with Gasteiger partial charge in [0.1, 0.15) is 5.75 Å². The molecule has 0 saturated carbocycles. The van der Waals surface area contributed by atoms with Crippen LogP contribution in [0.4, 0.5) is 30.2 Å². The first-order valence-corrected chi connectivity index (χ1v) is 13.3. The fraction of sp³-hybridized carbons (Fsp3) is 0.370. The van der Waals surface area contributed by atoms with Gasteiger partial charge in [-0.1, -0.05) is 0 Å². The molecule has 0 amide bonds. The molecule has 2 aliphatic rings. The van der Waals surface area contributed by atoms with Crippen LogP contribution in [0.5, 0.6) is 5.75 Å². The number of carboxylic acid groups (broad SMARTS) is 1. The van der Waals surface area contributed by atoms with E-state index in [2.05, 4.69) is 22.9 Å². The van der Waals surface area contributed by atoms with E-state index in [0.29, 0.717) is 36.2 Å². The molecule has 39 heavy (non-hydrogen) atoms. The number of piperazine rings is 1. The van der Waals surface area contributed by atoms with Crippen LogP contribution in [0.3, 0.4) is 0 Å². The van der Waals surface area contributed by atoms with E-state index in [9.17, 15) is 23.1 Å². The molecular weight excluding hydrogens is 531 g/mol. The number of ether oxygens (including phenoxy) is 1. The molecule has 1 N–H and O–H groups in total. The lowest BCUT2D eigenvalue weighted by Crippen LogP contribution is -2.58. The third-order valence-corrected chi connectivity index (χ3v) is 7.97. The summed E-state index contributed by atoms with van der Waals surface area (Å²) in [6.45, 7) is 5.71. The average molecular weight is 560 g/mol. The second-order valence-corrected chi connectivity index (χ2v) is 10.6. The molecule has 4 heterocycles. The second-order valence-electron chi connectivity index (χ2n) is 9.66. The molecule has 1 fully saturated rings. The summed E-state index contributed by atoms with van der Waals surface area (Å²) in [5.74, 6) is -0.469. The number of hydrogen-bond acceptors (Lipinski definition) is 8. The topological polar surface area (TPSA) is 81.5 Å². The molecule has 2 aliphatic heterocycles. The SMILES string of the molecule is COc1ccc(C(F)(F)F)cc1N1C(N2CCN(c3cncc(C)c3)[C@H](C)C2)=Nc2ccsc2[C@H]1CC(=O)O. The number of carbonyl (C=O) groups is 1. The van der Waals surface area contributed by atoms with Crippen LogP contribution < -0.4 is 14.5 Å². The zero-order valence-corrected chi connectivity index (χ0v) is 22.5. The van der Waals surface area contributed by atoms with E-state index < -0.39 is 23.8 Å². The van der Waals surface area contributed by atoms with Crippen molar-refractivity contribution in [2.45, 2.75) is 38.5 Å². The Hall–Kier alpha value is -3.80. The highest BCUT2D eigenvalue weighted by molar-refractivity contribution is 7.10. The van der Waals surface area contributed by atoms with E-state index in [1.807, 2.05) is 29.5 Å². The molecule has 5 rings (SSSR count). The van der Waals surface area contributed by atoms with Gasteiger partial charge >= 0.3 is 12.1 Å².